The van der Waals surface area contributed by atoms with E-state index >= 15 is 0 Å². The summed E-state index contributed by atoms with van der Waals surface area (Å²) in [7, 11) is -3.52. The van der Waals surface area contributed by atoms with Gasteiger partial charge in [0, 0.05) is 36.3 Å². The second-order valence-corrected chi connectivity index (χ2v) is 10.3. The highest BCUT2D eigenvalue weighted by molar-refractivity contribution is 9.10. The topological polar surface area (TPSA) is 69.7 Å². The highest BCUT2D eigenvalue weighted by Crippen LogP contribution is 2.26. The van der Waals surface area contributed by atoms with Crippen LogP contribution in [0.3, 0.4) is 0 Å². The Morgan fingerprint density at radius 3 is 2.38 bits per heavy atom. The molecule has 6 nitrogen and oxygen atoms in total. The van der Waals surface area contributed by atoms with E-state index in [1.54, 1.807) is 11.0 Å². The van der Waals surface area contributed by atoms with Crippen LogP contribution in [0.25, 0.3) is 0 Å². The molecule has 0 radical (unpaired) electrons. The molecule has 1 N–H and O–H groups in total. The molecule has 8 heteroatoms. The molecule has 1 amide bonds. The first-order valence-electron chi connectivity index (χ1n) is 9.83. The first-order valence-corrected chi connectivity index (χ1v) is 12.1. The molecule has 154 valence electrons. The fraction of sp³-hybridized carbons (Fsp3) is 0.381. The summed E-state index contributed by atoms with van der Waals surface area (Å²) < 4.78 is 28.5. The Bertz CT molecular complexity index is 1000. The molecule has 2 aliphatic rings. The molecule has 0 aromatic heterocycles. The van der Waals surface area contributed by atoms with Gasteiger partial charge in [-0.2, -0.15) is 4.31 Å². The molecule has 2 aromatic carbocycles. The van der Waals surface area contributed by atoms with Crippen molar-refractivity contribution in [2.45, 2.75) is 24.2 Å². The van der Waals surface area contributed by atoms with Crippen LogP contribution in [0, 0.1) is 0 Å². The SMILES string of the molecule is O=C(CNc1ccc(Br)cc1)N1CCN(S(=O)(=O)c2ccc3c(c2)CCC3)CC1. The van der Waals surface area contributed by atoms with Gasteiger partial charge in [0.1, 0.15) is 0 Å². The number of halogens is 1. The molecule has 1 saturated heterocycles. The number of nitrogens with one attached hydrogen (secondary N) is 1. The number of amides is 1. The minimum Gasteiger partial charge on any atom is -0.376 e. The number of anilines is 1. The minimum atomic E-state index is -3.52. The number of rotatable bonds is 5. The predicted octanol–water partition coefficient (Wildman–Crippen LogP) is 2.88. The Kier molecular flexibility index (Phi) is 5.94. The third kappa shape index (κ3) is 4.49. The molecule has 0 unspecified atom stereocenters. The molecular weight excluding hydrogens is 454 g/mol. The maximum absolute atomic E-state index is 13.0. The molecule has 1 aliphatic heterocycles. The maximum atomic E-state index is 13.0. The van der Waals surface area contributed by atoms with Crippen LogP contribution in [-0.2, 0) is 27.7 Å². The highest BCUT2D eigenvalue weighted by Gasteiger charge is 2.30. The average molecular weight is 478 g/mol. The van der Waals surface area contributed by atoms with Gasteiger partial charge in [-0.1, -0.05) is 22.0 Å². The van der Waals surface area contributed by atoms with Crippen LogP contribution in [0.15, 0.2) is 51.8 Å². The summed E-state index contributed by atoms with van der Waals surface area (Å²) in [6.45, 7) is 1.65. The van der Waals surface area contributed by atoms with Gasteiger partial charge in [0.25, 0.3) is 0 Å². The van der Waals surface area contributed by atoms with Crippen molar-refractivity contribution in [3.05, 3.63) is 58.1 Å². The number of aryl methyl sites for hydroxylation is 2. The monoisotopic (exact) mass is 477 g/mol. The lowest BCUT2D eigenvalue weighted by atomic mass is 10.1. The molecule has 0 atom stereocenters. The lowest BCUT2D eigenvalue weighted by Gasteiger charge is -2.34. The van der Waals surface area contributed by atoms with Crippen molar-refractivity contribution in [3.63, 3.8) is 0 Å². The predicted molar refractivity (Wildman–Crippen MR) is 116 cm³/mol. The number of sulfonamides is 1. The van der Waals surface area contributed by atoms with Gasteiger partial charge in [-0.3, -0.25) is 4.79 Å². The van der Waals surface area contributed by atoms with E-state index in [9.17, 15) is 13.2 Å². The van der Waals surface area contributed by atoms with Crippen LogP contribution < -0.4 is 5.32 Å². The van der Waals surface area contributed by atoms with Crippen LogP contribution in [0.1, 0.15) is 17.5 Å². The Balaban J connectivity index is 1.33. The molecular formula is C21H24BrN3O3S. The van der Waals surface area contributed by atoms with Crippen LogP contribution in [-0.4, -0.2) is 56.3 Å². The van der Waals surface area contributed by atoms with Crippen LogP contribution in [0.4, 0.5) is 5.69 Å². The highest BCUT2D eigenvalue weighted by atomic mass is 79.9. The number of hydrogen-bond acceptors (Lipinski definition) is 4. The first-order chi connectivity index (χ1) is 13.9. The normalized spacial score (nSPS) is 17.2. The number of carbonyl (C=O) groups excluding carboxylic acids is 1. The van der Waals surface area contributed by atoms with E-state index in [-0.39, 0.29) is 12.5 Å². The standard InChI is InChI=1S/C21H24BrN3O3S/c22-18-5-7-19(8-6-18)23-15-21(26)24-10-12-25(13-11-24)29(27,28)20-9-4-16-2-1-3-17(16)14-20/h4-9,14,23H,1-3,10-13,15H2. The van der Waals surface area contributed by atoms with Crippen molar-refractivity contribution < 1.29 is 13.2 Å². The summed E-state index contributed by atoms with van der Waals surface area (Å²) in [6.07, 6.45) is 3.07. The Morgan fingerprint density at radius 1 is 0.966 bits per heavy atom. The van der Waals surface area contributed by atoms with E-state index < -0.39 is 10.0 Å². The van der Waals surface area contributed by atoms with Gasteiger partial charge in [-0.05, 0) is 66.8 Å². The zero-order valence-electron chi connectivity index (χ0n) is 16.1. The fourth-order valence-corrected chi connectivity index (χ4v) is 5.63. The molecule has 1 heterocycles. The number of hydrogen-bond donors (Lipinski definition) is 1. The number of benzene rings is 2. The van der Waals surface area contributed by atoms with Gasteiger partial charge >= 0.3 is 0 Å². The maximum Gasteiger partial charge on any atom is 0.243 e. The van der Waals surface area contributed by atoms with Crippen molar-refractivity contribution in [1.29, 1.82) is 0 Å². The lowest BCUT2D eigenvalue weighted by Crippen LogP contribution is -2.51. The fourth-order valence-electron chi connectivity index (χ4n) is 3.89. The quantitative estimate of drug-likeness (QED) is 0.718. The van der Waals surface area contributed by atoms with Crippen molar-refractivity contribution >= 4 is 37.5 Å². The van der Waals surface area contributed by atoms with Crippen LogP contribution in [0.5, 0.6) is 0 Å². The van der Waals surface area contributed by atoms with Gasteiger partial charge in [0.15, 0.2) is 0 Å². The largest absolute Gasteiger partial charge is 0.376 e. The first kappa shape index (κ1) is 20.4. The third-order valence-corrected chi connectivity index (χ3v) is 8.01. The van der Waals surface area contributed by atoms with Crippen LogP contribution >= 0.6 is 15.9 Å². The Hall–Kier alpha value is -1.90. The molecule has 4 rings (SSSR count). The van der Waals surface area contributed by atoms with E-state index in [0.717, 1.165) is 35.0 Å². The van der Waals surface area contributed by atoms with Crippen molar-refractivity contribution in [3.8, 4) is 0 Å². The number of fused-ring (bicyclic) bond motifs is 1. The van der Waals surface area contributed by atoms with E-state index in [2.05, 4.69) is 21.2 Å². The van der Waals surface area contributed by atoms with E-state index in [0.29, 0.717) is 31.1 Å². The number of carbonyl (C=O) groups is 1. The molecule has 29 heavy (non-hydrogen) atoms. The number of nitrogens with zero attached hydrogens (tertiary/aromatic N) is 2. The summed E-state index contributed by atoms with van der Waals surface area (Å²) in [5, 5.41) is 3.12. The second kappa shape index (κ2) is 8.45. The lowest BCUT2D eigenvalue weighted by molar-refractivity contribution is -0.130. The zero-order chi connectivity index (χ0) is 20.4. The smallest absolute Gasteiger partial charge is 0.243 e. The Labute approximate surface area is 180 Å². The van der Waals surface area contributed by atoms with Crippen molar-refractivity contribution in [2.75, 3.05) is 38.0 Å². The van der Waals surface area contributed by atoms with Crippen LogP contribution in [0.2, 0.25) is 0 Å². The average Bonchev–Trinajstić information content (AvgIpc) is 3.21. The second-order valence-electron chi connectivity index (χ2n) is 7.43. The molecule has 0 bridgehead atoms. The third-order valence-electron chi connectivity index (χ3n) is 5.59. The molecule has 0 spiro atoms. The summed E-state index contributed by atoms with van der Waals surface area (Å²) >= 11 is 3.38. The van der Waals surface area contributed by atoms with Gasteiger partial charge in [-0.25, -0.2) is 8.42 Å². The minimum absolute atomic E-state index is 0.0255. The summed E-state index contributed by atoms with van der Waals surface area (Å²) in [5.74, 6) is -0.0255. The number of piperazine rings is 1. The molecule has 1 aliphatic carbocycles. The van der Waals surface area contributed by atoms with Gasteiger partial charge < -0.3 is 10.2 Å². The van der Waals surface area contributed by atoms with E-state index in [1.807, 2.05) is 36.4 Å². The van der Waals surface area contributed by atoms with Crippen molar-refractivity contribution in [2.24, 2.45) is 0 Å². The molecule has 0 saturated carbocycles. The van der Waals surface area contributed by atoms with Crippen molar-refractivity contribution in [1.82, 2.24) is 9.21 Å². The van der Waals surface area contributed by atoms with Gasteiger partial charge in [-0.15, -0.1) is 0 Å². The van der Waals surface area contributed by atoms with E-state index in [1.165, 1.54) is 9.87 Å². The van der Waals surface area contributed by atoms with E-state index in [4.69, 9.17) is 0 Å². The van der Waals surface area contributed by atoms with Gasteiger partial charge in [0.2, 0.25) is 15.9 Å². The molecule has 1 fully saturated rings. The summed E-state index contributed by atoms with van der Waals surface area (Å²) in [6, 6.07) is 13.1. The van der Waals surface area contributed by atoms with Gasteiger partial charge in [0.05, 0.1) is 11.4 Å². The summed E-state index contributed by atoms with van der Waals surface area (Å²) in [4.78, 5) is 14.6. The zero-order valence-corrected chi connectivity index (χ0v) is 18.5. The molecule has 2 aromatic rings. The Morgan fingerprint density at radius 2 is 1.66 bits per heavy atom. The summed E-state index contributed by atoms with van der Waals surface area (Å²) in [5.41, 5.74) is 3.29.